The van der Waals surface area contributed by atoms with Crippen LogP contribution in [0.25, 0.3) is 11.1 Å². The fourth-order valence-electron chi connectivity index (χ4n) is 6.96. The molecule has 0 nitrogen and oxygen atoms in total. The molecule has 0 amide bonds. The molecule has 2 unspecified atom stereocenters. The lowest BCUT2D eigenvalue weighted by Crippen LogP contribution is -2.28. The number of fused-ring (bicyclic) bond motifs is 4. The summed E-state index contributed by atoms with van der Waals surface area (Å²) in [4.78, 5) is 0. The molecule has 0 aromatic heterocycles. The van der Waals surface area contributed by atoms with E-state index in [4.69, 9.17) is 0 Å². The van der Waals surface area contributed by atoms with E-state index in [1.807, 2.05) is 0 Å². The van der Waals surface area contributed by atoms with E-state index >= 15 is 0 Å². The first-order chi connectivity index (χ1) is 15.1. The lowest BCUT2D eigenvalue weighted by Gasteiger charge is -2.35. The molecule has 0 heterocycles. The maximum Gasteiger partial charge on any atom is 0.00858 e. The van der Waals surface area contributed by atoms with Crippen molar-refractivity contribution in [3.8, 4) is 11.1 Å². The Bertz CT molecular complexity index is 1220. The van der Waals surface area contributed by atoms with Gasteiger partial charge < -0.3 is 0 Å². The first kappa shape index (κ1) is 22.7. The Kier molecular flexibility index (Phi) is 4.64. The SMILES string of the molecule is CC1=CC2C(=C1)C(C)(C)CC2(C)c1cc(C(C)(C)C)cc2c1Cc1ccc(C(C)(C)C)cc1-2. The Balaban J connectivity index is 1.76. The summed E-state index contributed by atoms with van der Waals surface area (Å²) in [6.07, 6.45) is 7.32. The largest absolute Gasteiger partial charge is 0.0735 e. The van der Waals surface area contributed by atoms with Crippen molar-refractivity contribution in [3.63, 3.8) is 0 Å². The van der Waals surface area contributed by atoms with Gasteiger partial charge in [-0.3, -0.25) is 0 Å². The number of hydrogen-bond acceptors (Lipinski definition) is 0. The van der Waals surface area contributed by atoms with Crippen LogP contribution in [-0.2, 0) is 22.7 Å². The van der Waals surface area contributed by atoms with E-state index in [0.29, 0.717) is 5.92 Å². The van der Waals surface area contributed by atoms with Crippen molar-refractivity contribution < 1.29 is 0 Å². The molecule has 2 aromatic rings. The Hall–Kier alpha value is -2.08. The van der Waals surface area contributed by atoms with Gasteiger partial charge in [-0.2, -0.15) is 0 Å². The lowest BCUT2D eigenvalue weighted by atomic mass is 9.69. The van der Waals surface area contributed by atoms with E-state index in [1.165, 1.54) is 39.8 Å². The van der Waals surface area contributed by atoms with Crippen molar-refractivity contribution in [2.24, 2.45) is 11.3 Å². The summed E-state index contributed by atoms with van der Waals surface area (Å²) in [6.45, 7) is 23.8. The molecule has 0 bridgehead atoms. The van der Waals surface area contributed by atoms with Crippen LogP contribution in [0.1, 0.15) is 103 Å². The Morgan fingerprint density at radius 3 is 2.09 bits per heavy atom. The fraction of sp³-hybridized carbons (Fsp3) is 0.515. The van der Waals surface area contributed by atoms with E-state index in [0.717, 1.165) is 6.42 Å². The molecule has 0 saturated heterocycles. The predicted octanol–water partition coefficient (Wildman–Crippen LogP) is 9.04. The topological polar surface area (TPSA) is 0 Å². The van der Waals surface area contributed by atoms with Gasteiger partial charge in [0.25, 0.3) is 0 Å². The van der Waals surface area contributed by atoms with Gasteiger partial charge in [0.2, 0.25) is 0 Å². The highest BCUT2D eigenvalue weighted by atomic mass is 14.6. The smallest absolute Gasteiger partial charge is 0.00858 e. The molecule has 0 spiro atoms. The van der Waals surface area contributed by atoms with Crippen molar-refractivity contribution in [2.75, 3.05) is 0 Å². The molecule has 2 atom stereocenters. The monoisotopic (exact) mass is 438 g/mol. The molecular formula is C33H42. The van der Waals surface area contributed by atoms with E-state index in [1.54, 1.807) is 16.7 Å². The van der Waals surface area contributed by atoms with Crippen molar-refractivity contribution in [1.82, 2.24) is 0 Å². The lowest BCUT2D eigenvalue weighted by molar-refractivity contribution is 0.356. The Morgan fingerprint density at radius 2 is 1.45 bits per heavy atom. The molecule has 33 heavy (non-hydrogen) atoms. The summed E-state index contributed by atoms with van der Waals surface area (Å²) in [5, 5.41) is 0. The molecule has 0 heteroatoms. The normalized spacial score (nSPS) is 25.5. The highest BCUT2D eigenvalue weighted by molar-refractivity contribution is 5.80. The van der Waals surface area contributed by atoms with Crippen molar-refractivity contribution in [3.05, 3.63) is 81.4 Å². The van der Waals surface area contributed by atoms with Crippen LogP contribution in [0.2, 0.25) is 0 Å². The molecule has 3 aliphatic rings. The van der Waals surface area contributed by atoms with E-state index in [2.05, 4.69) is 112 Å². The first-order valence-corrected chi connectivity index (χ1v) is 12.8. The van der Waals surface area contributed by atoms with Crippen LogP contribution < -0.4 is 0 Å². The van der Waals surface area contributed by atoms with Gasteiger partial charge in [-0.05, 0) is 75.0 Å². The molecule has 1 saturated carbocycles. The van der Waals surface area contributed by atoms with Crippen LogP contribution >= 0.6 is 0 Å². The number of allylic oxidation sites excluding steroid dienone is 4. The summed E-state index contributed by atoms with van der Waals surface area (Å²) in [7, 11) is 0. The second-order valence-electron chi connectivity index (χ2n) is 14.1. The van der Waals surface area contributed by atoms with E-state index in [-0.39, 0.29) is 21.7 Å². The average Bonchev–Trinajstić information content (AvgIpc) is 3.30. The minimum Gasteiger partial charge on any atom is -0.0735 e. The number of rotatable bonds is 1. The standard InChI is InChI=1S/C33H42/c1-20-13-28-29(14-20)33(10,19-32(28,8)9)27-18-23(31(5,6)7)17-25-24-16-22(30(2,3)4)12-11-21(24)15-26(25)27/h11-14,16-18,29H,15,19H2,1-10H3. The van der Waals surface area contributed by atoms with Gasteiger partial charge >= 0.3 is 0 Å². The molecule has 0 aliphatic heterocycles. The maximum atomic E-state index is 2.59. The zero-order chi connectivity index (χ0) is 24.1. The molecule has 174 valence electrons. The number of hydrogen-bond donors (Lipinski definition) is 0. The van der Waals surface area contributed by atoms with Crippen LogP contribution in [0.5, 0.6) is 0 Å². The third-order valence-corrected chi connectivity index (χ3v) is 8.79. The summed E-state index contributed by atoms with van der Waals surface area (Å²) in [6, 6.07) is 12.4. The second kappa shape index (κ2) is 6.74. The summed E-state index contributed by atoms with van der Waals surface area (Å²) in [5.41, 5.74) is 14.3. The third kappa shape index (κ3) is 3.39. The molecule has 0 N–H and O–H groups in total. The van der Waals surface area contributed by atoms with Crippen molar-refractivity contribution in [1.29, 1.82) is 0 Å². The molecular weight excluding hydrogens is 396 g/mol. The van der Waals surface area contributed by atoms with E-state index < -0.39 is 0 Å². The van der Waals surface area contributed by atoms with Crippen LogP contribution in [0.15, 0.2) is 53.6 Å². The summed E-state index contributed by atoms with van der Waals surface area (Å²) >= 11 is 0. The van der Waals surface area contributed by atoms with Gasteiger partial charge in [-0.1, -0.05) is 116 Å². The highest BCUT2D eigenvalue weighted by Crippen LogP contribution is 2.62. The van der Waals surface area contributed by atoms with Crippen LogP contribution in [0, 0.1) is 11.3 Å². The predicted molar refractivity (Wildman–Crippen MR) is 143 cm³/mol. The summed E-state index contributed by atoms with van der Waals surface area (Å²) in [5.74, 6) is 0.515. The van der Waals surface area contributed by atoms with Crippen molar-refractivity contribution >= 4 is 0 Å². The molecule has 0 radical (unpaired) electrons. The van der Waals surface area contributed by atoms with Crippen molar-refractivity contribution in [2.45, 2.75) is 98.3 Å². The molecule has 3 aliphatic carbocycles. The first-order valence-electron chi connectivity index (χ1n) is 12.8. The number of benzene rings is 2. The third-order valence-electron chi connectivity index (χ3n) is 8.79. The van der Waals surface area contributed by atoms with Gasteiger partial charge in [0.1, 0.15) is 0 Å². The average molecular weight is 439 g/mol. The Labute approximate surface area is 202 Å². The minimum absolute atomic E-state index is 0.124. The minimum atomic E-state index is 0.124. The summed E-state index contributed by atoms with van der Waals surface area (Å²) < 4.78 is 0. The van der Waals surface area contributed by atoms with Crippen LogP contribution in [0.3, 0.4) is 0 Å². The molecule has 5 rings (SSSR count). The zero-order valence-corrected chi connectivity index (χ0v) is 22.5. The van der Waals surface area contributed by atoms with Crippen LogP contribution in [-0.4, -0.2) is 0 Å². The molecule has 1 fully saturated rings. The Morgan fingerprint density at radius 1 is 0.818 bits per heavy atom. The van der Waals surface area contributed by atoms with E-state index in [9.17, 15) is 0 Å². The van der Waals surface area contributed by atoms with Gasteiger partial charge in [0, 0.05) is 11.3 Å². The fourth-order valence-corrected chi connectivity index (χ4v) is 6.96. The van der Waals surface area contributed by atoms with Gasteiger partial charge in [-0.15, -0.1) is 0 Å². The van der Waals surface area contributed by atoms with Gasteiger partial charge in [0.05, 0.1) is 0 Å². The van der Waals surface area contributed by atoms with Gasteiger partial charge in [-0.25, -0.2) is 0 Å². The molecule has 2 aromatic carbocycles. The zero-order valence-electron chi connectivity index (χ0n) is 22.5. The quantitative estimate of drug-likeness (QED) is 0.355. The maximum absolute atomic E-state index is 2.59. The van der Waals surface area contributed by atoms with Crippen LogP contribution in [0.4, 0.5) is 0 Å². The highest BCUT2D eigenvalue weighted by Gasteiger charge is 2.53. The second-order valence-corrected chi connectivity index (χ2v) is 14.1. The van der Waals surface area contributed by atoms with Gasteiger partial charge in [0.15, 0.2) is 0 Å².